The summed E-state index contributed by atoms with van der Waals surface area (Å²) < 4.78 is 38.9. The molecule has 3 aliphatic heterocycles. The second-order valence-corrected chi connectivity index (χ2v) is 5.42. The molecule has 1 aromatic rings. The molecule has 108 valence electrons. The fraction of sp³-hybridized carbons (Fsp3) is 0.467. The molecule has 0 unspecified atom stereocenters. The lowest BCUT2D eigenvalue weighted by Gasteiger charge is -2.46. The molecule has 20 heavy (non-hydrogen) atoms. The second-order valence-electron chi connectivity index (χ2n) is 5.42. The molecular formula is C15H16F3NO. The maximum atomic E-state index is 13.0. The lowest BCUT2D eigenvalue weighted by Crippen LogP contribution is -2.48. The topological polar surface area (TPSA) is 23.5 Å². The zero-order valence-corrected chi connectivity index (χ0v) is 10.9. The fourth-order valence-electron chi connectivity index (χ4n) is 3.12. The van der Waals surface area contributed by atoms with Gasteiger partial charge in [-0.1, -0.05) is 18.2 Å². The Kier molecular flexibility index (Phi) is 3.24. The maximum absolute atomic E-state index is 13.0. The van der Waals surface area contributed by atoms with Gasteiger partial charge < -0.3 is 10.0 Å². The molecule has 0 amide bonds. The Morgan fingerprint density at radius 3 is 2.40 bits per heavy atom. The zero-order chi connectivity index (χ0) is 14.3. The number of aliphatic hydroxyl groups is 1. The molecule has 1 N–H and O–H groups in total. The number of alkyl halides is 3. The molecule has 1 atom stereocenters. The smallest absolute Gasteiger partial charge is 0.387 e. The van der Waals surface area contributed by atoms with Gasteiger partial charge in [0.1, 0.15) is 0 Å². The van der Waals surface area contributed by atoms with Crippen LogP contribution in [0, 0.1) is 5.92 Å². The Morgan fingerprint density at radius 1 is 1.15 bits per heavy atom. The highest BCUT2D eigenvalue weighted by Crippen LogP contribution is 2.38. The van der Waals surface area contributed by atoms with E-state index >= 15 is 0 Å². The lowest BCUT2D eigenvalue weighted by atomic mass is 9.83. The Hall–Kier alpha value is -1.49. The quantitative estimate of drug-likeness (QED) is 0.856. The van der Waals surface area contributed by atoms with E-state index in [2.05, 4.69) is 0 Å². The van der Waals surface area contributed by atoms with E-state index in [-0.39, 0.29) is 11.5 Å². The molecule has 3 aliphatic rings. The van der Waals surface area contributed by atoms with Gasteiger partial charge in [0.05, 0.1) is 11.7 Å². The van der Waals surface area contributed by atoms with Gasteiger partial charge in [-0.25, -0.2) is 0 Å². The molecule has 0 radical (unpaired) electrons. The van der Waals surface area contributed by atoms with E-state index < -0.39 is 17.8 Å². The minimum absolute atomic E-state index is 0.126. The predicted octanol–water partition coefficient (Wildman–Crippen LogP) is 3.13. The van der Waals surface area contributed by atoms with Crippen molar-refractivity contribution in [2.24, 2.45) is 5.92 Å². The van der Waals surface area contributed by atoms with Crippen LogP contribution in [0.25, 0.3) is 6.08 Å². The third-order valence-electron chi connectivity index (χ3n) is 4.22. The molecular weight excluding hydrogens is 267 g/mol. The Balaban J connectivity index is 2.00. The summed E-state index contributed by atoms with van der Waals surface area (Å²) in [5, 5.41) is 10.2. The summed E-state index contributed by atoms with van der Waals surface area (Å²) in [5.41, 5.74) is 0.105. The largest absolute Gasteiger partial charge is 0.416 e. The van der Waals surface area contributed by atoms with Crippen LogP contribution in [-0.4, -0.2) is 29.2 Å². The van der Waals surface area contributed by atoms with Gasteiger partial charge in [-0.3, -0.25) is 0 Å². The molecule has 0 spiro atoms. The van der Waals surface area contributed by atoms with E-state index in [0.717, 1.165) is 32.0 Å². The van der Waals surface area contributed by atoms with E-state index in [1.54, 1.807) is 6.07 Å². The number of hydrogen-bond acceptors (Lipinski definition) is 2. The number of halogens is 3. The first kappa shape index (κ1) is 13.5. The van der Waals surface area contributed by atoms with Crippen molar-refractivity contribution in [3.63, 3.8) is 0 Å². The third kappa shape index (κ3) is 2.30. The van der Waals surface area contributed by atoms with Gasteiger partial charge in [-0.05, 0) is 36.5 Å². The van der Waals surface area contributed by atoms with Crippen molar-refractivity contribution in [1.29, 1.82) is 0 Å². The average Bonchev–Trinajstić information content (AvgIpc) is 2.43. The van der Waals surface area contributed by atoms with E-state index in [0.29, 0.717) is 5.70 Å². The highest BCUT2D eigenvalue weighted by atomic mass is 19.4. The third-order valence-corrected chi connectivity index (χ3v) is 4.22. The standard InChI is InChI=1S/C15H16F3NO/c16-15(17,18)12-4-2-1-3-11(12)9-13-14(20)10-5-7-19(13)8-6-10/h1-4,9-10,14,20H,5-8H2/b13-9-/t14-/m0/s1. The molecule has 4 rings (SSSR count). The Bertz CT molecular complexity index is 526. The molecule has 0 aromatic heterocycles. The summed E-state index contributed by atoms with van der Waals surface area (Å²) in [7, 11) is 0. The first-order valence-corrected chi connectivity index (χ1v) is 6.77. The molecule has 0 saturated carbocycles. The van der Waals surface area contributed by atoms with Crippen molar-refractivity contribution >= 4 is 6.08 Å². The van der Waals surface area contributed by atoms with Crippen molar-refractivity contribution in [2.75, 3.05) is 13.1 Å². The van der Waals surface area contributed by atoms with Crippen molar-refractivity contribution < 1.29 is 18.3 Å². The first-order valence-electron chi connectivity index (χ1n) is 6.77. The van der Waals surface area contributed by atoms with Crippen LogP contribution in [0.1, 0.15) is 24.0 Å². The van der Waals surface area contributed by atoms with Crippen LogP contribution in [0.3, 0.4) is 0 Å². The Labute approximate surface area is 115 Å². The van der Waals surface area contributed by atoms with Crippen LogP contribution in [0.2, 0.25) is 0 Å². The van der Waals surface area contributed by atoms with Crippen molar-refractivity contribution in [3.8, 4) is 0 Å². The number of benzene rings is 1. The first-order chi connectivity index (χ1) is 9.47. The minimum Gasteiger partial charge on any atom is -0.387 e. The zero-order valence-electron chi connectivity index (χ0n) is 10.9. The van der Waals surface area contributed by atoms with Crippen LogP contribution in [-0.2, 0) is 6.18 Å². The van der Waals surface area contributed by atoms with Crippen LogP contribution < -0.4 is 0 Å². The van der Waals surface area contributed by atoms with Crippen molar-refractivity contribution in [3.05, 3.63) is 41.1 Å². The molecule has 3 fully saturated rings. The second kappa shape index (κ2) is 4.81. The van der Waals surface area contributed by atoms with Gasteiger partial charge in [-0.2, -0.15) is 13.2 Å². The Morgan fingerprint density at radius 2 is 1.80 bits per heavy atom. The normalized spacial score (nSPS) is 28.2. The van der Waals surface area contributed by atoms with Gasteiger partial charge >= 0.3 is 6.18 Å². The van der Waals surface area contributed by atoms with Gasteiger partial charge in [0.15, 0.2) is 0 Å². The van der Waals surface area contributed by atoms with Crippen LogP contribution in [0.4, 0.5) is 13.2 Å². The molecule has 2 bridgehead atoms. The summed E-state index contributed by atoms with van der Waals surface area (Å²) in [4.78, 5) is 2.00. The predicted molar refractivity (Wildman–Crippen MR) is 69.7 cm³/mol. The van der Waals surface area contributed by atoms with Gasteiger partial charge in [-0.15, -0.1) is 0 Å². The van der Waals surface area contributed by atoms with E-state index in [1.165, 1.54) is 18.2 Å². The number of aliphatic hydroxyl groups excluding tert-OH is 1. The van der Waals surface area contributed by atoms with Crippen molar-refractivity contribution in [1.82, 2.24) is 4.90 Å². The van der Waals surface area contributed by atoms with Crippen molar-refractivity contribution in [2.45, 2.75) is 25.1 Å². The lowest BCUT2D eigenvalue weighted by molar-refractivity contribution is -0.137. The van der Waals surface area contributed by atoms with Crippen LogP contribution >= 0.6 is 0 Å². The van der Waals surface area contributed by atoms with Crippen LogP contribution in [0.15, 0.2) is 30.0 Å². The molecule has 0 aliphatic carbocycles. The van der Waals surface area contributed by atoms with Gasteiger partial charge in [0.2, 0.25) is 0 Å². The molecule has 3 heterocycles. The SMILES string of the molecule is O[C@@H]1/C(=C/c2ccccc2C(F)(F)F)N2CCC1CC2. The van der Waals surface area contributed by atoms with Gasteiger partial charge in [0.25, 0.3) is 0 Å². The molecule has 3 saturated heterocycles. The summed E-state index contributed by atoms with van der Waals surface area (Å²) >= 11 is 0. The fourth-order valence-corrected chi connectivity index (χ4v) is 3.12. The summed E-state index contributed by atoms with van der Waals surface area (Å²) in [6.45, 7) is 1.64. The number of fused-ring (bicyclic) bond motifs is 3. The summed E-state index contributed by atoms with van der Waals surface area (Å²) in [5.74, 6) is 0.185. The monoisotopic (exact) mass is 283 g/mol. The van der Waals surface area contributed by atoms with E-state index in [4.69, 9.17) is 0 Å². The average molecular weight is 283 g/mol. The summed E-state index contributed by atoms with van der Waals surface area (Å²) in [6, 6.07) is 5.50. The number of hydrogen-bond donors (Lipinski definition) is 1. The maximum Gasteiger partial charge on any atom is 0.416 e. The molecule has 1 aromatic carbocycles. The van der Waals surface area contributed by atoms with E-state index in [1.807, 2.05) is 4.90 Å². The van der Waals surface area contributed by atoms with Crippen LogP contribution in [0.5, 0.6) is 0 Å². The number of rotatable bonds is 1. The highest BCUT2D eigenvalue weighted by molar-refractivity contribution is 5.58. The minimum atomic E-state index is -4.37. The number of nitrogens with zero attached hydrogens (tertiary/aromatic N) is 1. The summed E-state index contributed by atoms with van der Waals surface area (Å²) in [6.07, 6.45) is -1.68. The molecule has 5 heteroatoms. The highest BCUT2D eigenvalue weighted by Gasteiger charge is 2.38. The van der Waals surface area contributed by atoms with E-state index in [9.17, 15) is 18.3 Å². The molecule has 2 nitrogen and oxygen atoms in total. The number of piperidine rings is 3. The van der Waals surface area contributed by atoms with Gasteiger partial charge in [0, 0.05) is 18.8 Å².